The predicted molar refractivity (Wildman–Crippen MR) is 38.1 cm³/mol. The average molecular weight is 152 g/mol. The van der Waals surface area contributed by atoms with Crippen molar-refractivity contribution >= 4 is 0 Å². The Morgan fingerprint density at radius 1 is 1.73 bits per heavy atom. The van der Waals surface area contributed by atoms with Crippen LogP contribution in [0.25, 0.3) is 0 Å². The molecule has 0 spiro atoms. The van der Waals surface area contributed by atoms with E-state index in [1.54, 1.807) is 0 Å². The summed E-state index contributed by atoms with van der Waals surface area (Å²) in [6.45, 7) is 0. The van der Waals surface area contributed by atoms with Crippen molar-refractivity contribution in [2.45, 2.75) is 18.9 Å². The average Bonchev–Trinajstić information content (AvgIpc) is 2.35. The van der Waals surface area contributed by atoms with Gasteiger partial charge in [0, 0.05) is 5.56 Å². The largest absolute Gasteiger partial charge is 0.387 e. The van der Waals surface area contributed by atoms with Crippen molar-refractivity contribution in [2.75, 3.05) is 0 Å². The van der Waals surface area contributed by atoms with Crippen LogP contribution in [0.2, 0.25) is 0 Å². The quantitative estimate of drug-likeness (QED) is 0.538. The summed E-state index contributed by atoms with van der Waals surface area (Å²) in [5.74, 6) is 0. The van der Waals surface area contributed by atoms with E-state index in [-0.39, 0.29) is 5.56 Å². The minimum atomic E-state index is -0.535. The topological polar surface area (TPSA) is 66.0 Å². The highest BCUT2D eigenvalue weighted by Crippen LogP contribution is 2.25. The summed E-state index contributed by atoms with van der Waals surface area (Å²) >= 11 is 0. The summed E-state index contributed by atoms with van der Waals surface area (Å²) in [4.78, 5) is 17.4. The molecular weight excluding hydrogens is 144 g/mol. The number of rotatable bonds is 0. The van der Waals surface area contributed by atoms with Gasteiger partial charge in [-0.2, -0.15) is 0 Å². The Morgan fingerprint density at radius 3 is 3.27 bits per heavy atom. The second-order valence-electron chi connectivity index (χ2n) is 2.65. The normalized spacial score (nSPS) is 21.7. The van der Waals surface area contributed by atoms with Crippen LogP contribution in [0.1, 0.15) is 23.8 Å². The van der Waals surface area contributed by atoms with Gasteiger partial charge >= 0.3 is 0 Å². The summed E-state index contributed by atoms with van der Waals surface area (Å²) in [7, 11) is 0. The first kappa shape index (κ1) is 6.54. The van der Waals surface area contributed by atoms with E-state index in [2.05, 4.69) is 9.97 Å². The third kappa shape index (κ3) is 0.867. The van der Waals surface area contributed by atoms with Gasteiger partial charge < -0.3 is 10.1 Å². The molecule has 2 rings (SSSR count). The summed E-state index contributed by atoms with van der Waals surface area (Å²) in [6.07, 6.45) is 2.05. The lowest BCUT2D eigenvalue weighted by molar-refractivity contribution is 0.175. The number of aliphatic hydroxyl groups excluding tert-OH is 1. The van der Waals surface area contributed by atoms with E-state index in [0.717, 1.165) is 0 Å². The van der Waals surface area contributed by atoms with E-state index < -0.39 is 6.10 Å². The molecule has 0 fully saturated rings. The van der Waals surface area contributed by atoms with Gasteiger partial charge in [-0.05, 0) is 12.8 Å². The van der Waals surface area contributed by atoms with Gasteiger partial charge in [0.05, 0.1) is 18.1 Å². The zero-order chi connectivity index (χ0) is 7.84. The number of aromatic amines is 1. The maximum Gasteiger partial charge on any atom is 0.254 e. The number of fused-ring (bicyclic) bond motifs is 1. The van der Waals surface area contributed by atoms with Crippen LogP contribution in [-0.4, -0.2) is 15.1 Å². The Balaban J connectivity index is 2.66. The van der Waals surface area contributed by atoms with E-state index >= 15 is 0 Å². The molecule has 11 heavy (non-hydrogen) atoms. The van der Waals surface area contributed by atoms with E-state index in [4.69, 9.17) is 0 Å². The molecule has 0 bridgehead atoms. The van der Waals surface area contributed by atoms with Gasteiger partial charge in [-0.15, -0.1) is 0 Å². The lowest BCUT2D eigenvalue weighted by Gasteiger charge is -1.98. The van der Waals surface area contributed by atoms with Gasteiger partial charge in [-0.3, -0.25) is 4.79 Å². The second-order valence-corrected chi connectivity index (χ2v) is 2.65. The zero-order valence-corrected chi connectivity index (χ0v) is 5.87. The molecule has 0 saturated heterocycles. The Labute approximate surface area is 62.9 Å². The standard InChI is InChI=1S/C7H8N2O2/c10-5-2-1-4-6(5)8-3-9-7(4)11/h3,5,10H,1-2H2,(H,8,9,11). The first-order valence-corrected chi connectivity index (χ1v) is 3.53. The van der Waals surface area contributed by atoms with Gasteiger partial charge in [0.15, 0.2) is 0 Å². The fourth-order valence-electron chi connectivity index (χ4n) is 1.39. The molecule has 58 valence electrons. The van der Waals surface area contributed by atoms with Crippen molar-refractivity contribution in [2.24, 2.45) is 0 Å². The highest BCUT2D eigenvalue weighted by atomic mass is 16.3. The zero-order valence-electron chi connectivity index (χ0n) is 5.87. The molecule has 2 N–H and O–H groups in total. The summed E-state index contributed by atoms with van der Waals surface area (Å²) in [5, 5.41) is 9.29. The minimum Gasteiger partial charge on any atom is -0.387 e. The molecule has 4 nitrogen and oxygen atoms in total. The van der Waals surface area contributed by atoms with Gasteiger partial charge in [0.2, 0.25) is 0 Å². The molecule has 1 unspecified atom stereocenters. The molecule has 0 aromatic carbocycles. The smallest absolute Gasteiger partial charge is 0.254 e. The lowest BCUT2D eigenvalue weighted by Crippen LogP contribution is -2.12. The van der Waals surface area contributed by atoms with Crippen LogP contribution < -0.4 is 5.56 Å². The number of aliphatic hydroxyl groups is 1. The Morgan fingerprint density at radius 2 is 2.55 bits per heavy atom. The molecule has 4 heteroatoms. The first-order valence-electron chi connectivity index (χ1n) is 3.53. The number of nitrogens with zero attached hydrogens (tertiary/aromatic N) is 1. The Bertz CT molecular complexity index is 331. The molecule has 0 amide bonds. The van der Waals surface area contributed by atoms with Crippen LogP contribution >= 0.6 is 0 Å². The van der Waals surface area contributed by atoms with Crippen LogP contribution in [0.5, 0.6) is 0 Å². The van der Waals surface area contributed by atoms with Gasteiger partial charge in [0.25, 0.3) is 5.56 Å². The van der Waals surface area contributed by atoms with Crippen molar-refractivity contribution < 1.29 is 5.11 Å². The molecule has 1 atom stereocenters. The molecule has 0 aliphatic heterocycles. The minimum absolute atomic E-state index is 0.119. The monoisotopic (exact) mass is 152 g/mol. The lowest BCUT2D eigenvalue weighted by atomic mass is 10.3. The van der Waals surface area contributed by atoms with E-state index in [1.165, 1.54) is 6.33 Å². The SMILES string of the molecule is O=c1[nH]cnc2c1CCC2O. The number of hydrogen-bond donors (Lipinski definition) is 2. The fraction of sp³-hybridized carbons (Fsp3) is 0.429. The first-order chi connectivity index (χ1) is 5.29. The van der Waals surface area contributed by atoms with Crippen LogP contribution in [0.15, 0.2) is 11.1 Å². The van der Waals surface area contributed by atoms with Crippen molar-refractivity contribution in [3.8, 4) is 0 Å². The summed E-state index contributed by atoms with van der Waals surface area (Å²) in [6, 6.07) is 0. The molecule has 1 aromatic heterocycles. The van der Waals surface area contributed by atoms with Crippen molar-refractivity contribution in [3.63, 3.8) is 0 Å². The third-order valence-electron chi connectivity index (χ3n) is 1.97. The van der Waals surface area contributed by atoms with E-state index in [0.29, 0.717) is 24.1 Å². The van der Waals surface area contributed by atoms with Crippen LogP contribution in [-0.2, 0) is 6.42 Å². The maximum absolute atomic E-state index is 11.0. The number of H-pyrrole nitrogens is 1. The molecule has 0 radical (unpaired) electrons. The van der Waals surface area contributed by atoms with Crippen LogP contribution in [0, 0.1) is 0 Å². The molecule has 1 aromatic rings. The molecular formula is C7H8N2O2. The number of nitrogens with one attached hydrogen (secondary N) is 1. The van der Waals surface area contributed by atoms with Crippen LogP contribution in [0.4, 0.5) is 0 Å². The molecule has 1 aliphatic rings. The van der Waals surface area contributed by atoms with Gasteiger partial charge in [0.1, 0.15) is 0 Å². The number of aromatic nitrogens is 2. The molecule has 1 heterocycles. The van der Waals surface area contributed by atoms with Crippen molar-refractivity contribution in [1.29, 1.82) is 0 Å². The fourth-order valence-corrected chi connectivity index (χ4v) is 1.39. The predicted octanol–water partition coefficient (Wildman–Crippen LogP) is -0.250. The van der Waals surface area contributed by atoms with Gasteiger partial charge in [-0.25, -0.2) is 4.98 Å². The van der Waals surface area contributed by atoms with E-state index in [9.17, 15) is 9.90 Å². The maximum atomic E-state index is 11.0. The summed E-state index contributed by atoms with van der Waals surface area (Å²) in [5.41, 5.74) is 1.07. The van der Waals surface area contributed by atoms with Crippen LogP contribution in [0.3, 0.4) is 0 Å². The highest BCUT2D eigenvalue weighted by Gasteiger charge is 2.23. The number of hydrogen-bond acceptors (Lipinski definition) is 3. The summed E-state index contributed by atoms with van der Waals surface area (Å²) < 4.78 is 0. The Kier molecular flexibility index (Phi) is 1.29. The van der Waals surface area contributed by atoms with Gasteiger partial charge in [-0.1, -0.05) is 0 Å². The second kappa shape index (κ2) is 2.17. The Hall–Kier alpha value is -1.16. The molecule has 0 saturated carbocycles. The van der Waals surface area contributed by atoms with Crippen molar-refractivity contribution in [1.82, 2.24) is 9.97 Å². The van der Waals surface area contributed by atoms with Crippen molar-refractivity contribution in [3.05, 3.63) is 27.9 Å². The molecule has 1 aliphatic carbocycles. The third-order valence-corrected chi connectivity index (χ3v) is 1.97. The highest BCUT2D eigenvalue weighted by molar-refractivity contribution is 5.23. The van der Waals surface area contributed by atoms with E-state index in [1.807, 2.05) is 0 Å².